The average Bonchev–Trinajstić information content (AvgIpc) is 2.54. The third-order valence-corrected chi connectivity index (χ3v) is 3.71. The van der Waals surface area contributed by atoms with Gasteiger partial charge in [0, 0.05) is 0 Å². The molecule has 0 saturated carbocycles. The summed E-state index contributed by atoms with van der Waals surface area (Å²) in [6, 6.07) is 31.7. The lowest BCUT2D eigenvalue weighted by molar-refractivity contribution is 1.67. The number of hydrogen-bond donors (Lipinski definition) is 0. The minimum atomic E-state index is 1.15. The van der Waals surface area contributed by atoms with Crippen LogP contribution in [0.4, 0.5) is 0 Å². The molecular weight excluding hydrogens is 240 g/mol. The van der Waals surface area contributed by atoms with Crippen molar-refractivity contribution in [1.82, 2.24) is 0 Å². The lowest BCUT2D eigenvalue weighted by atomic mass is 9.94. The van der Waals surface area contributed by atoms with Crippen molar-refractivity contribution in [1.29, 1.82) is 0 Å². The van der Waals surface area contributed by atoms with E-state index in [1.54, 1.807) is 0 Å². The lowest BCUT2D eigenvalue weighted by Gasteiger charge is -2.09. The smallest absolute Gasteiger partial charge is 0.00930 e. The van der Waals surface area contributed by atoms with Crippen LogP contribution >= 0.6 is 0 Å². The fourth-order valence-electron chi connectivity index (χ4n) is 2.77. The first kappa shape index (κ1) is 11.2. The van der Waals surface area contributed by atoms with Gasteiger partial charge >= 0.3 is 0 Å². The van der Waals surface area contributed by atoms with E-state index in [1.807, 2.05) is 12.1 Å². The van der Waals surface area contributed by atoms with E-state index in [-0.39, 0.29) is 0 Å². The minimum absolute atomic E-state index is 1.15. The lowest BCUT2D eigenvalue weighted by Crippen LogP contribution is -1.83. The van der Waals surface area contributed by atoms with Gasteiger partial charge in [-0.15, -0.1) is 0 Å². The Morgan fingerprint density at radius 3 is 2.40 bits per heavy atom. The molecular formula is C20H12. The molecule has 0 aliphatic carbocycles. The van der Waals surface area contributed by atoms with E-state index >= 15 is 0 Å². The van der Waals surface area contributed by atoms with E-state index in [0.29, 0.717) is 0 Å². The Bertz CT molecular complexity index is 816. The van der Waals surface area contributed by atoms with Crippen LogP contribution in [0.25, 0.3) is 32.7 Å². The third-order valence-electron chi connectivity index (χ3n) is 3.71. The molecule has 0 atom stereocenters. The molecule has 92 valence electrons. The summed E-state index contributed by atoms with van der Waals surface area (Å²) in [6.45, 7) is 0. The van der Waals surface area contributed by atoms with Crippen LogP contribution in [0, 0.1) is 12.1 Å². The Morgan fingerprint density at radius 2 is 1.45 bits per heavy atom. The van der Waals surface area contributed by atoms with Gasteiger partial charge in [-0.1, -0.05) is 60.7 Å². The zero-order valence-corrected chi connectivity index (χ0v) is 10.9. The van der Waals surface area contributed by atoms with Crippen LogP contribution in [-0.2, 0) is 0 Å². The van der Waals surface area contributed by atoms with Crippen LogP contribution < -0.4 is 0 Å². The maximum Gasteiger partial charge on any atom is -0.00930 e. The molecule has 0 heteroatoms. The van der Waals surface area contributed by atoms with E-state index in [9.17, 15) is 0 Å². The fraction of sp³-hybridized carbons (Fsp3) is 0. The highest BCUT2D eigenvalue weighted by Gasteiger charge is 2.06. The van der Waals surface area contributed by atoms with Crippen molar-refractivity contribution in [3.05, 3.63) is 84.9 Å². The third kappa shape index (κ3) is 1.70. The molecule has 2 radical (unpaired) electrons. The Morgan fingerprint density at radius 1 is 0.650 bits per heavy atom. The van der Waals surface area contributed by atoms with Gasteiger partial charge in [0.2, 0.25) is 0 Å². The van der Waals surface area contributed by atoms with Gasteiger partial charge in [-0.2, -0.15) is 0 Å². The molecule has 4 aromatic rings. The Kier molecular flexibility index (Phi) is 2.53. The molecule has 20 heavy (non-hydrogen) atoms. The molecule has 0 amide bonds. The molecule has 0 unspecified atom stereocenters. The van der Waals surface area contributed by atoms with Gasteiger partial charge in [0.15, 0.2) is 0 Å². The van der Waals surface area contributed by atoms with E-state index in [1.165, 1.54) is 27.3 Å². The summed E-state index contributed by atoms with van der Waals surface area (Å²) >= 11 is 0. The summed E-state index contributed by atoms with van der Waals surface area (Å²) in [5, 5.41) is 4.88. The van der Waals surface area contributed by atoms with Crippen molar-refractivity contribution >= 4 is 21.5 Å². The molecule has 4 rings (SSSR count). The molecule has 0 spiro atoms. The van der Waals surface area contributed by atoms with Crippen LogP contribution in [0.2, 0.25) is 0 Å². The van der Waals surface area contributed by atoms with Gasteiger partial charge in [0.25, 0.3) is 0 Å². The van der Waals surface area contributed by atoms with Gasteiger partial charge in [-0.25, -0.2) is 0 Å². The Labute approximate surface area is 118 Å². The molecule has 0 aliphatic rings. The number of benzene rings is 4. The molecule has 0 fully saturated rings. The quantitative estimate of drug-likeness (QED) is 0.433. The second-order valence-corrected chi connectivity index (χ2v) is 4.89. The number of fused-ring (bicyclic) bond motifs is 2. The van der Waals surface area contributed by atoms with Crippen LogP contribution in [0.3, 0.4) is 0 Å². The van der Waals surface area contributed by atoms with Crippen molar-refractivity contribution in [3.63, 3.8) is 0 Å². The van der Waals surface area contributed by atoms with Gasteiger partial charge in [0.1, 0.15) is 0 Å². The molecule has 0 nitrogen and oxygen atoms in total. The average molecular weight is 252 g/mol. The SMILES string of the molecule is [c]1cc(-c2cc[c]c3ccccc23)c2ccccc2c1. The first-order valence-electron chi connectivity index (χ1n) is 6.72. The first-order chi connectivity index (χ1) is 9.93. The largest absolute Gasteiger partial charge is 0.0616 e. The van der Waals surface area contributed by atoms with Crippen LogP contribution in [0.1, 0.15) is 0 Å². The zero-order chi connectivity index (χ0) is 13.4. The summed E-state index contributed by atoms with van der Waals surface area (Å²) in [6.07, 6.45) is 0. The fourth-order valence-corrected chi connectivity index (χ4v) is 2.77. The first-order valence-corrected chi connectivity index (χ1v) is 6.72. The van der Waals surface area contributed by atoms with Crippen LogP contribution in [0.5, 0.6) is 0 Å². The molecule has 0 saturated heterocycles. The number of rotatable bonds is 1. The Balaban J connectivity index is 2.12. The summed E-state index contributed by atoms with van der Waals surface area (Å²) in [7, 11) is 0. The molecule has 0 heterocycles. The Hall–Kier alpha value is -2.60. The highest BCUT2D eigenvalue weighted by atomic mass is 14.1. The van der Waals surface area contributed by atoms with Crippen LogP contribution in [-0.4, -0.2) is 0 Å². The van der Waals surface area contributed by atoms with E-state index < -0.39 is 0 Å². The molecule has 0 bridgehead atoms. The summed E-state index contributed by atoms with van der Waals surface area (Å²) in [5.74, 6) is 0. The van der Waals surface area contributed by atoms with Gasteiger partial charge < -0.3 is 0 Å². The van der Waals surface area contributed by atoms with Crippen LogP contribution in [0.15, 0.2) is 72.8 Å². The topological polar surface area (TPSA) is 0 Å². The van der Waals surface area contributed by atoms with Crippen molar-refractivity contribution < 1.29 is 0 Å². The van der Waals surface area contributed by atoms with Crippen molar-refractivity contribution in [3.8, 4) is 11.1 Å². The monoisotopic (exact) mass is 252 g/mol. The van der Waals surface area contributed by atoms with Gasteiger partial charge in [-0.05, 0) is 56.9 Å². The predicted molar refractivity (Wildman–Crippen MR) is 84.6 cm³/mol. The predicted octanol–water partition coefficient (Wildman–Crippen LogP) is 5.26. The molecule has 0 aliphatic heterocycles. The van der Waals surface area contributed by atoms with Crippen molar-refractivity contribution in [2.24, 2.45) is 0 Å². The summed E-state index contributed by atoms with van der Waals surface area (Å²) in [4.78, 5) is 0. The molecule has 4 aromatic carbocycles. The van der Waals surface area contributed by atoms with Gasteiger partial charge in [-0.3, -0.25) is 0 Å². The second kappa shape index (κ2) is 4.50. The van der Waals surface area contributed by atoms with Crippen molar-refractivity contribution in [2.75, 3.05) is 0 Å². The number of hydrogen-bond acceptors (Lipinski definition) is 0. The van der Waals surface area contributed by atoms with E-state index in [4.69, 9.17) is 0 Å². The normalized spacial score (nSPS) is 11.0. The zero-order valence-electron chi connectivity index (χ0n) is 10.9. The minimum Gasteiger partial charge on any atom is -0.0616 e. The van der Waals surface area contributed by atoms with E-state index in [0.717, 1.165) is 5.39 Å². The van der Waals surface area contributed by atoms with Gasteiger partial charge in [0.05, 0.1) is 0 Å². The molecule has 0 aromatic heterocycles. The standard InChI is InChI=1S/C20H12/c1-3-11-17-15(7-1)9-5-13-19(17)20-14-6-10-16-8-2-4-12-18(16)20/h1-5,7-8,10-14H. The second-order valence-electron chi connectivity index (χ2n) is 4.89. The summed E-state index contributed by atoms with van der Waals surface area (Å²) < 4.78 is 0. The maximum absolute atomic E-state index is 3.30. The van der Waals surface area contributed by atoms with E-state index in [2.05, 4.69) is 72.8 Å². The highest BCUT2D eigenvalue weighted by molar-refractivity contribution is 6.05. The maximum atomic E-state index is 3.30. The van der Waals surface area contributed by atoms with Crippen molar-refractivity contribution in [2.45, 2.75) is 0 Å². The summed E-state index contributed by atoms with van der Waals surface area (Å²) in [5.41, 5.74) is 2.47. The molecule has 0 N–H and O–H groups in total. The highest BCUT2D eigenvalue weighted by Crippen LogP contribution is 2.33.